The van der Waals surface area contributed by atoms with Gasteiger partial charge in [0.05, 0.1) is 5.75 Å². The Balaban J connectivity index is 1.34. The number of anilines is 1. The maximum atomic E-state index is 13.0. The van der Waals surface area contributed by atoms with E-state index >= 15 is 0 Å². The third-order valence-corrected chi connectivity index (χ3v) is 6.10. The molecule has 0 saturated carbocycles. The van der Waals surface area contributed by atoms with Crippen LogP contribution < -0.4 is 10.6 Å². The average molecular weight is 475 g/mol. The number of aromatic nitrogens is 2. The maximum absolute atomic E-state index is 13.0. The van der Waals surface area contributed by atoms with Crippen LogP contribution in [-0.2, 0) is 11.3 Å². The monoisotopic (exact) mass is 474 g/mol. The van der Waals surface area contributed by atoms with Crippen molar-refractivity contribution in [2.24, 2.45) is 0 Å². The lowest BCUT2D eigenvalue weighted by Gasteiger charge is -2.10. The predicted octanol–water partition coefficient (Wildman–Crippen LogP) is 4.98. The number of carbonyl (C=O) groups excluding carboxylic acids is 2. The third kappa shape index (κ3) is 5.90. The van der Waals surface area contributed by atoms with E-state index in [1.165, 1.54) is 23.9 Å². The Morgan fingerprint density at radius 1 is 1.00 bits per heavy atom. The summed E-state index contributed by atoms with van der Waals surface area (Å²) in [5.41, 5.74) is 3.96. The van der Waals surface area contributed by atoms with E-state index in [4.69, 9.17) is 0 Å². The van der Waals surface area contributed by atoms with Crippen LogP contribution in [0.2, 0.25) is 0 Å². The quantitative estimate of drug-likeness (QED) is 0.353. The molecule has 0 unspecified atom stereocenters. The highest BCUT2D eigenvalue weighted by Gasteiger charge is 2.11. The van der Waals surface area contributed by atoms with E-state index in [1.54, 1.807) is 30.5 Å². The minimum atomic E-state index is -0.311. The molecule has 0 fully saturated rings. The second-order valence-corrected chi connectivity index (χ2v) is 8.53. The molecule has 4 aromatic rings. The largest absolute Gasteiger partial charge is 0.348 e. The van der Waals surface area contributed by atoms with Crippen molar-refractivity contribution in [1.82, 2.24) is 14.9 Å². The average Bonchev–Trinajstić information content (AvgIpc) is 3.32. The molecular formula is C26H23FN4O2S. The summed E-state index contributed by atoms with van der Waals surface area (Å²) in [4.78, 5) is 29.2. The number of benzene rings is 3. The molecule has 0 aliphatic heterocycles. The van der Waals surface area contributed by atoms with Crippen molar-refractivity contribution in [2.45, 2.75) is 18.6 Å². The van der Waals surface area contributed by atoms with Gasteiger partial charge in [0.2, 0.25) is 5.91 Å². The zero-order valence-corrected chi connectivity index (χ0v) is 19.3. The summed E-state index contributed by atoms with van der Waals surface area (Å²) >= 11 is 1.33. The van der Waals surface area contributed by atoms with Crippen molar-refractivity contribution in [3.63, 3.8) is 0 Å². The topological polar surface area (TPSA) is 76.0 Å². The molecule has 8 heteroatoms. The van der Waals surface area contributed by atoms with Crippen molar-refractivity contribution >= 4 is 29.3 Å². The van der Waals surface area contributed by atoms with Crippen LogP contribution in [0.1, 0.15) is 21.5 Å². The van der Waals surface area contributed by atoms with Crippen molar-refractivity contribution in [3.05, 3.63) is 108 Å². The number of amides is 2. The molecule has 0 spiro atoms. The minimum absolute atomic E-state index is 0.109. The number of nitrogens with zero attached hydrogens (tertiary/aromatic N) is 2. The molecule has 0 atom stereocenters. The Morgan fingerprint density at radius 2 is 1.74 bits per heavy atom. The summed E-state index contributed by atoms with van der Waals surface area (Å²) < 4.78 is 14.9. The fourth-order valence-corrected chi connectivity index (χ4v) is 4.06. The van der Waals surface area contributed by atoms with Crippen LogP contribution in [0, 0.1) is 12.7 Å². The second kappa shape index (κ2) is 10.8. The number of nitrogens with one attached hydrogen (secondary N) is 2. The van der Waals surface area contributed by atoms with Crippen LogP contribution in [0.5, 0.6) is 0 Å². The Labute approximate surface area is 201 Å². The SMILES string of the molecule is Cc1ccccc1NC(=O)CSc1nccn1-c1ccc(C(=O)NCc2ccc(F)cc2)cc1. The number of hydrogen-bond acceptors (Lipinski definition) is 4. The molecule has 34 heavy (non-hydrogen) atoms. The molecule has 0 radical (unpaired) electrons. The lowest BCUT2D eigenvalue weighted by atomic mass is 10.1. The number of halogens is 1. The molecule has 2 N–H and O–H groups in total. The summed E-state index contributed by atoms with van der Waals surface area (Å²) in [6, 6.07) is 20.7. The molecular weight excluding hydrogens is 451 g/mol. The van der Waals surface area contributed by atoms with Gasteiger partial charge in [0.25, 0.3) is 5.91 Å². The second-order valence-electron chi connectivity index (χ2n) is 7.59. The maximum Gasteiger partial charge on any atom is 0.251 e. The zero-order chi connectivity index (χ0) is 23.9. The molecule has 0 aliphatic rings. The van der Waals surface area contributed by atoms with Crippen LogP contribution in [0.15, 0.2) is 90.3 Å². The van der Waals surface area contributed by atoms with Crippen LogP contribution in [0.25, 0.3) is 5.69 Å². The van der Waals surface area contributed by atoms with Crippen molar-refractivity contribution in [1.29, 1.82) is 0 Å². The number of aryl methyl sites for hydroxylation is 1. The normalized spacial score (nSPS) is 10.6. The highest BCUT2D eigenvalue weighted by molar-refractivity contribution is 7.99. The number of rotatable bonds is 8. The number of thioether (sulfide) groups is 1. The summed E-state index contributed by atoms with van der Waals surface area (Å²) in [5.74, 6) is -0.421. The fraction of sp³-hybridized carbons (Fsp3) is 0.115. The fourth-order valence-electron chi connectivity index (χ4n) is 3.28. The first-order chi connectivity index (χ1) is 16.5. The Morgan fingerprint density at radius 3 is 2.47 bits per heavy atom. The minimum Gasteiger partial charge on any atom is -0.348 e. The third-order valence-electron chi connectivity index (χ3n) is 5.13. The molecule has 2 amide bonds. The van der Waals surface area contributed by atoms with Gasteiger partial charge in [0, 0.05) is 35.9 Å². The first-order valence-electron chi connectivity index (χ1n) is 10.6. The van der Waals surface area contributed by atoms with Gasteiger partial charge in [-0.1, -0.05) is 42.1 Å². The van der Waals surface area contributed by atoms with Gasteiger partial charge in [-0.2, -0.15) is 0 Å². The molecule has 172 valence electrons. The molecule has 4 rings (SSSR count). The van der Waals surface area contributed by atoms with E-state index in [0.717, 1.165) is 22.5 Å². The molecule has 3 aromatic carbocycles. The van der Waals surface area contributed by atoms with Crippen molar-refractivity contribution in [3.8, 4) is 5.69 Å². The van der Waals surface area contributed by atoms with E-state index in [0.29, 0.717) is 17.3 Å². The molecule has 0 saturated heterocycles. The lowest BCUT2D eigenvalue weighted by Crippen LogP contribution is -2.22. The van der Waals surface area contributed by atoms with E-state index in [9.17, 15) is 14.0 Å². The van der Waals surface area contributed by atoms with Gasteiger partial charge in [0.1, 0.15) is 5.82 Å². The first-order valence-corrected chi connectivity index (χ1v) is 11.6. The smallest absolute Gasteiger partial charge is 0.251 e. The van der Waals surface area contributed by atoms with E-state index in [1.807, 2.05) is 54.1 Å². The van der Waals surface area contributed by atoms with Gasteiger partial charge in [0.15, 0.2) is 5.16 Å². The van der Waals surface area contributed by atoms with E-state index in [2.05, 4.69) is 15.6 Å². The van der Waals surface area contributed by atoms with Crippen LogP contribution in [-0.4, -0.2) is 27.1 Å². The predicted molar refractivity (Wildman–Crippen MR) is 132 cm³/mol. The van der Waals surface area contributed by atoms with Gasteiger partial charge >= 0.3 is 0 Å². The summed E-state index contributed by atoms with van der Waals surface area (Å²) in [6.45, 7) is 2.26. The van der Waals surface area contributed by atoms with Gasteiger partial charge in [-0.25, -0.2) is 9.37 Å². The van der Waals surface area contributed by atoms with Crippen LogP contribution in [0.4, 0.5) is 10.1 Å². The number of hydrogen-bond donors (Lipinski definition) is 2. The molecule has 1 heterocycles. The lowest BCUT2D eigenvalue weighted by molar-refractivity contribution is -0.113. The first kappa shape index (κ1) is 23.3. The highest BCUT2D eigenvalue weighted by Crippen LogP contribution is 2.22. The van der Waals surface area contributed by atoms with Crippen LogP contribution >= 0.6 is 11.8 Å². The van der Waals surface area contributed by atoms with Gasteiger partial charge < -0.3 is 10.6 Å². The summed E-state index contributed by atoms with van der Waals surface area (Å²) in [7, 11) is 0. The van der Waals surface area contributed by atoms with Crippen LogP contribution in [0.3, 0.4) is 0 Å². The summed E-state index contributed by atoms with van der Waals surface area (Å²) in [5, 5.41) is 6.42. The van der Waals surface area contributed by atoms with E-state index < -0.39 is 0 Å². The molecule has 6 nitrogen and oxygen atoms in total. The molecule has 0 aliphatic carbocycles. The number of imidazole rings is 1. The molecule has 1 aromatic heterocycles. The van der Waals surface area contributed by atoms with E-state index in [-0.39, 0.29) is 23.4 Å². The summed E-state index contributed by atoms with van der Waals surface area (Å²) in [6.07, 6.45) is 3.48. The van der Waals surface area contributed by atoms with Gasteiger partial charge in [-0.15, -0.1) is 0 Å². The highest BCUT2D eigenvalue weighted by atomic mass is 32.2. The standard InChI is InChI=1S/C26H23FN4O2S/c1-18-4-2-3-5-23(18)30-24(32)17-34-26-28-14-15-31(26)22-12-8-20(9-13-22)25(33)29-16-19-6-10-21(27)11-7-19/h2-15H,16-17H2,1H3,(H,29,33)(H,30,32). The Bertz CT molecular complexity index is 1290. The Kier molecular flexibility index (Phi) is 7.39. The zero-order valence-electron chi connectivity index (χ0n) is 18.5. The van der Waals surface area contributed by atoms with Crippen molar-refractivity contribution < 1.29 is 14.0 Å². The van der Waals surface area contributed by atoms with Gasteiger partial charge in [-0.3, -0.25) is 14.2 Å². The Hall–Kier alpha value is -3.91. The number of carbonyl (C=O) groups is 2. The number of para-hydroxylation sites is 1. The molecule has 0 bridgehead atoms. The van der Waals surface area contributed by atoms with Gasteiger partial charge in [-0.05, 0) is 60.5 Å². The van der Waals surface area contributed by atoms with Crippen molar-refractivity contribution in [2.75, 3.05) is 11.1 Å².